The predicted molar refractivity (Wildman–Crippen MR) is 109 cm³/mol. The van der Waals surface area contributed by atoms with Gasteiger partial charge in [-0.3, -0.25) is 14.9 Å². The Labute approximate surface area is 185 Å². The standard InChI is InChI=1S/C19H16Cl2F3N3O4/c20-14-3-2-13(10-15(14)21)31-11-18(28)26-7-5-25(6-8-26)16-4-1-12(19(22,23)24)9-17(16)27(29)30/h1-4,9-10H,5-8,11H2. The molecule has 166 valence electrons. The van der Waals surface area contributed by atoms with Gasteiger partial charge in [0.25, 0.3) is 11.6 Å². The largest absolute Gasteiger partial charge is 0.484 e. The van der Waals surface area contributed by atoms with Crippen LogP contribution in [0.1, 0.15) is 5.56 Å². The molecule has 1 heterocycles. The molecule has 1 aliphatic rings. The van der Waals surface area contributed by atoms with Crippen LogP contribution in [0.25, 0.3) is 0 Å². The van der Waals surface area contributed by atoms with Crippen molar-refractivity contribution in [3.8, 4) is 5.75 Å². The van der Waals surface area contributed by atoms with E-state index in [9.17, 15) is 28.1 Å². The van der Waals surface area contributed by atoms with Crippen LogP contribution in [-0.4, -0.2) is 48.5 Å². The molecule has 3 rings (SSSR count). The highest BCUT2D eigenvalue weighted by Crippen LogP contribution is 2.36. The van der Waals surface area contributed by atoms with Gasteiger partial charge < -0.3 is 14.5 Å². The van der Waals surface area contributed by atoms with Crippen molar-refractivity contribution in [3.05, 3.63) is 62.1 Å². The second kappa shape index (κ2) is 9.19. The van der Waals surface area contributed by atoms with Crippen molar-refractivity contribution in [2.24, 2.45) is 0 Å². The van der Waals surface area contributed by atoms with E-state index in [1.54, 1.807) is 17.0 Å². The third-order valence-electron chi connectivity index (χ3n) is 4.73. The number of hydrogen-bond acceptors (Lipinski definition) is 5. The molecule has 0 unspecified atom stereocenters. The van der Waals surface area contributed by atoms with Crippen molar-refractivity contribution >= 4 is 40.5 Å². The normalized spacial score (nSPS) is 14.5. The number of piperazine rings is 1. The Bertz CT molecular complexity index is 996. The van der Waals surface area contributed by atoms with E-state index < -0.39 is 22.4 Å². The van der Waals surface area contributed by atoms with E-state index in [0.717, 1.165) is 12.1 Å². The molecule has 0 radical (unpaired) electrons. The summed E-state index contributed by atoms with van der Waals surface area (Å²) in [6.07, 6.45) is -4.68. The summed E-state index contributed by atoms with van der Waals surface area (Å²) in [6.45, 7) is 0.692. The zero-order valence-corrected chi connectivity index (χ0v) is 17.4. The number of benzene rings is 2. The van der Waals surface area contributed by atoms with Crippen molar-refractivity contribution in [2.45, 2.75) is 6.18 Å². The molecule has 1 amide bonds. The zero-order valence-electron chi connectivity index (χ0n) is 15.9. The lowest BCUT2D eigenvalue weighted by molar-refractivity contribution is -0.384. The lowest BCUT2D eigenvalue weighted by atomic mass is 10.1. The maximum Gasteiger partial charge on any atom is 0.416 e. The first-order valence-corrected chi connectivity index (χ1v) is 9.78. The highest BCUT2D eigenvalue weighted by molar-refractivity contribution is 6.42. The van der Waals surface area contributed by atoms with Gasteiger partial charge in [0.2, 0.25) is 0 Å². The lowest BCUT2D eigenvalue weighted by Gasteiger charge is -2.35. The average molecular weight is 478 g/mol. The molecular weight excluding hydrogens is 462 g/mol. The second-order valence-corrected chi connectivity index (χ2v) is 7.51. The van der Waals surface area contributed by atoms with Gasteiger partial charge in [-0.1, -0.05) is 23.2 Å². The van der Waals surface area contributed by atoms with Crippen molar-refractivity contribution in [3.63, 3.8) is 0 Å². The number of nitro groups is 1. The van der Waals surface area contributed by atoms with Crippen LogP contribution < -0.4 is 9.64 Å². The number of nitro benzene ring substituents is 1. The zero-order chi connectivity index (χ0) is 22.8. The molecule has 0 N–H and O–H groups in total. The van der Waals surface area contributed by atoms with Crippen LogP contribution >= 0.6 is 23.2 Å². The van der Waals surface area contributed by atoms with E-state index in [0.29, 0.717) is 21.9 Å². The highest BCUT2D eigenvalue weighted by atomic mass is 35.5. The number of hydrogen-bond donors (Lipinski definition) is 0. The van der Waals surface area contributed by atoms with Gasteiger partial charge in [-0.15, -0.1) is 0 Å². The fraction of sp³-hybridized carbons (Fsp3) is 0.316. The Morgan fingerprint density at radius 1 is 1.06 bits per heavy atom. The van der Waals surface area contributed by atoms with E-state index in [1.807, 2.05) is 0 Å². The van der Waals surface area contributed by atoms with Crippen LogP contribution in [0.3, 0.4) is 0 Å². The summed E-state index contributed by atoms with van der Waals surface area (Å²) in [7, 11) is 0. The maximum atomic E-state index is 12.9. The molecule has 2 aromatic rings. The van der Waals surface area contributed by atoms with E-state index >= 15 is 0 Å². The number of nitrogens with zero attached hydrogens (tertiary/aromatic N) is 3. The summed E-state index contributed by atoms with van der Waals surface area (Å²) in [5.41, 5.74) is -1.63. The third-order valence-corrected chi connectivity index (χ3v) is 5.46. The Hall–Kier alpha value is -2.72. The quantitative estimate of drug-likeness (QED) is 0.462. The molecule has 0 aliphatic carbocycles. The van der Waals surface area contributed by atoms with Gasteiger partial charge in [0.1, 0.15) is 11.4 Å². The lowest BCUT2D eigenvalue weighted by Crippen LogP contribution is -2.50. The van der Waals surface area contributed by atoms with Crippen LogP contribution in [0.4, 0.5) is 24.5 Å². The Balaban J connectivity index is 1.61. The fourth-order valence-electron chi connectivity index (χ4n) is 3.11. The molecule has 1 saturated heterocycles. The van der Waals surface area contributed by atoms with Gasteiger partial charge in [-0.2, -0.15) is 13.2 Å². The summed E-state index contributed by atoms with van der Waals surface area (Å²) in [6, 6.07) is 7.02. The Morgan fingerprint density at radius 3 is 2.32 bits per heavy atom. The van der Waals surface area contributed by atoms with Crippen molar-refractivity contribution in [2.75, 3.05) is 37.7 Å². The molecule has 7 nitrogen and oxygen atoms in total. The number of carbonyl (C=O) groups excluding carboxylic acids is 1. The summed E-state index contributed by atoms with van der Waals surface area (Å²) in [5.74, 6) is 0.0782. The van der Waals surface area contributed by atoms with Crippen LogP contribution in [0, 0.1) is 10.1 Å². The highest BCUT2D eigenvalue weighted by Gasteiger charge is 2.34. The first kappa shape index (κ1) is 23.0. The molecule has 0 saturated carbocycles. The number of anilines is 1. The van der Waals surface area contributed by atoms with Crippen LogP contribution in [-0.2, 0) is 11.0 Å². The number of ether oxygens (including phenoxy) is 1. The van der Waals surface area contributed by atoms with E-state index in [-0.39, 0.29) is 44.4 Å². The summed E-state index contributed by atoms with van der Waals surface area (Å²) >= 11 is 11.7. The second-order valence-electron chi connectivity index (χ2n) is 6.69. The van der Waals surface area contributed by atoms with Crippen molar-refractivity contribution in [1.29, 1.82) is 0 Å². The van der Waals surface area contributed by atoms with Gasteiger partial charge in [-0.05, 0) is 24.3 Å². The van der Waals surface area contributed by atoms with Crippen molar-refractivity contribution in [1.82, 2.24) is 4.90 Å². The average Bonchev–Trinajstić information content (AvgIpc) is 2.73. The molecular formula is C19H16Cl2F3N3O4. The van der Waals surface area contributed by atoms with E-state index in [1.165, 1.54) is 11.0 Å². The van der Waals surface area contributed by atoms with Gasteiger partial charge in [0, 0.05) is 38.3 Å². The predicted octanol–water partition coefficient (Wildman–Crippen LogP) is 4.65. The first-order chi connectivity index (χ1) is 14.6. The van der Waals surface area contributed by atoms with Crippen LogP contribution in [0.5, 0.6) is 5.75 Å². The summed E-state index contributed by atoms with van der Waals surface area (Å²) < 4.78 is 44.0. The molecule has 1 fully saturated rings. The smallest absolute Gasteiger partial charge is 0.416 e. The van der Waals surface area contributed by atoms with E-state index in [4.69, 9.17) is 27.9 Å². The van der Waals surface area contributed by atoms with Crippen LogP contribution in [0.2, 0.25) is 10.0 Å². The topological polar surface area (TPSA) is 75.9 Å². The Kier molecular flexibility index (Phi) is 6.80. The molecule has 12 heteroatoms. The maximum absolute atomic E-state index is 12.9. The monoisotopic (exact) mass is 477 g/mol. The fourth-order valence-corrected chi connectivity index (χ4v) is 3.40. The minimum atomic E-state index is -4.68. The number of carbonyl (C=O) groups is 1. The molecule has 1 aliphatic heterocycles. The SMILES string of the molecule is O=C(COc1ccc(Cl)c(Cl)c1)N1CCN(c2ccc(C(F)(F)F)cc2[N+](=O)[O-])CC1. The minimum Gasteiger partial charge on any atom is -0.484 e. The number of amides is 1. The minimum absolute atomic E-state index is 0.0807. The summed E-state index contributed by atoms with van der Waals surface area (Å²) in [4.78, 5) is 25.9. The molecule has 0 atom stereocenters. The van der Waals surface area contributed by atoms with Gasteiger partial charge in [0.15, 0.2) is 6.61 Å². The van der Waals surface area contributed by atoms with Gasteiger partial charge in [0.05, 0.1) is 20.5 Å². The molecule has 0 bridgehead atoms. The van der Waals surface area contributed by atoms with Crippen LogP contribution in [0.15, 0.2) is 36.4 Å². The van der Waals surface area contributed by atoms with E-state index in [2.05, 4.69) is 0 Å². The number of rotatable bonds is 5. The third kappa shape index (κ3) is 5.50. The molecule has 31 heavy (non-hydrogen) atoms. The Morgan fingerprint density at radius 2 is 1.74 bits per heavy atom. The molecule has 2 aromatic carbocycles. The van der Waals surface area contributed by atoms with Crippen molar-refractivity contribution < 1.29 is 27.6 Å². The van der Waals surface area contributed by atoms with Gasteiger partial charge in [-0.25, -0.2) is 0 Å². The number of halogens is 5. The molecule has 0 spiro atoms. The first-order valence-electron chi connectivity index (χ1n) is 9.02. The molecule has 0 aromatic heterocycles. The van der Waals surface area contributed by atoms with Gasteiger partial charge >= 0.3 is 6.18 Å². The summed E-state index contributed by atoms with van der Waals surface area (Å²) in [5, 5.41) is 11.9. The number of alkyl halides is 3.